The number of phenols is 3. The highest BCUT2D eigenvalue weighted by atomic mass is 16.4. The number of aromatic carboxylic acids is 1. The molecule has 0 radical (unpaired) electrons. The lowest BCUT2D eigenvalue weighted by atomic mass is 10.1. The Hall–Kier alpha value is -3.55. The number of carbonyl (C=O) groups excluding carboxylic acids is 2. The van der Waals surface area contributed by atoms with Crippen LogP contribution in [0.1, 0.15) is 27.1 Å². The SMILES string of the molecule is O=C(CC(=O)c1ccc(O)c(O)c1)Nc1cc(O)ccc1C(=O)O. The van der Waals surface area contributed by atoms with Gasteiger partial charge in [-0.15, -0.1) is 0 Å². The number of carboxylic acids is 1. The normalized spacial score (nSPS) is 10.2. The van der Waals surface area contributed by atoms with Crippen LogP contribution in [0.3, 0.4) is 0 Å². The number of anilines is 1. The molecule has 0 atom stereocenters. The van der Waals surface area contributed by atoms with E-state index in [1.165, 1.54) is 6.07 Å². The van der Waals surface area contributed by atoms with E-state index in [2.05, 4.69) is 5.32 Å². The summed E-state index contributed by atoms with van der Waals surface area (Å²) in [6, 6.07) is 6.69. The minimum atomic E-state index is -1.31. The van der Waals surface area contributed by atoms with Gasteiger partial charge in [0.2, 0.25) is 5.91 Å². The van der Waals surface area contributed by atoms with Gasteiger partial charge in [-0.05, 0) is 30.3 Å². The topological polar surface area (TPSA) is 144 Å². The maximum Gasteiger partial charge on any atom is 0.337 e. The Morgan fingerprint density at radius 3 is 2.25 bits per heavy atom. The van der Waals surface area contributed by atoms with Gasteiger partial charge >= 0.3 is 5.97 Å². The van der Waals surface area contributed by atoms with Gasteiger partial charge in [-0.3, -0.25) is 9.59 Å². The van der Waals surface area contributed by atoms with Crippen LogP contribution in [-0.2, 0) is 4.79 Å². The Labute approximate surface area is 135 Å². The van der Waals surface area contributed by atoms with E-state index in [4.69, 9.17) is 5.11 Å². The van der Waals surface area contributed by atoms with Gasteiger partial charge in [0.15, 0.2) is 17.3 Å². The van der Waals surface area contributed by atoms with Gasteiger partial charge in [0.25, 0.3) is 0 Å². The molecule has 0 aromatic heterocycles. The maximum atomic E-state index is 12.0. The van der Waals surface area contributed by atoms with Crippen LogP contribution >= 0.6 is 0 Å². The molecule has 1 amide bonds. The molecule has 0 fully saturated rings. The Balaban J connectivity index is 2.13. The summed E-state index contributed by atoms with van der Waals surface area (Å²) in [6.07, 6.45) is -0.612. The Morgan fingerprint density at radius 2 is 1.62 bits per heavy atom. The Kier molecular flexibility index (Phi) is 4.69. The second kappa shape index (κ2) is 6.69. The summed E-state index contributed by atoms with van der Waals surface area (Å²) in [6.45, 7) is 0. The number of carboxylic acid groups (broad SMARTS) is 1. The first-order valence-corrected chi connectivity index (χ1v) is 6.69. The summed E-state index contributed by atoms with van der Waals surface area (Å²) in [5, 5.41) is 39.2. The van der Waals surface area contributed by atoms with Crippen LogP contribution in [0.4, 0.5) is 5.69 Å². The molecule has 0 spiro atoms. The van der Waals surface area contributed by atoms with Crippen molar-refractivity contribution in [3.63, 3.8) is 0 Å². The van der Waals surface area contributed by atoms with Crippen molar-refractivity contribution in [1.29, 1.82) is 0 Å². The third-order valence-corrected chi connectivity index (χ3v) is 3.13. The number of benzene rings is 2. The Bertz CT molecular complexity index is 829. The zero-order valence-corrected chi connectivity index (χ0v) is 12.2. The molecule has 5 N–H and O–H groups in total. The molecule has 124 valence electrons. The Morgan fingerprint density at radius 1 is 0.917 bits per heavy atom. The first kappa shape index (κ1) is 16.8. The standard InChI is InChI=1S/C16H13NO7/c18-9-2-3-10(16(23)24)11(6-9)17-15(22)7-13(20)8-1-4-12(19)14(21)5-8/h1-6,18-19,21H,7H2,(H,17,22)(H,23,24). The van der Waals surface area contributed by atoms with Gasteiger partial charge in [-0.1, -0.05) is 0 Å². The van der Waals surface area contributed by atoms with Gasteiger partial charge < -0.3 is 25.7 Å². The second-order valence-electron chi connectivity index (χ2n) is 4.89. The van der Waals surface area contributed by atoms with Gasteiger partial charge in [-0.2, -0.15) is 0 Å². The molecule has 0 saturated heterocycles. The molecule has 8 nitrogen and oxygen atoms in total. The third kappa shape index (κ3) is 3.80. The number of amides is 1. The first-order valence-electron chi connectivity index (χ1n) is 6.69. The maximum absolute atomic E-state index is 12.0. The van der Waals surface area contributed by atoms with Gasteiger partial charge in [0, 0.05) is 11.6 Å². The van der Waals surface area contributed by atoms with Crippen molar-refractivity contribution in [2.24, 2.45) is 0 Å². The van der Waals surface area contributed by atoms with Crippen molar-refractivity contribution < 1.29 is 34.8 Å². The highest BCUT2D eigenvalue weighted by Gasteiger charge is 2.17. The minimum absolute atomic E-state index is 0.00909. The van der Waals surface area contributed by atoms with E-state index in [0.717, 1.165) is 30.3 Å². The van der Waals surface area contributed by atoms with E-state index in [-0.39, 0.29) is 22.6 Å². The van der Waals surface area contributed by atoms with Gasteiger partial charge in [-0.25, -0.2) is 4.79 Å². The summed E-state index contributed by atoms with van der Waals surface area (Å²) in [5.74, 6) is -3.88. The fourth-order valence-electron chi connectivity index (χ4n) is 1.96. The zero-order chi connectivity index (χ0) is 17.9. The van der Waals surface area contributed by atoms with Crippen LogP contribution in [0.2, 0.25) is 0 Å². The van der Waals surface area contributed by atoms with Crippen LogP contribution in [0.5, 0.6) is 17.2 Å². The van der Waals surface area contributed by atoms with E-state index in [9.17, 15) is 29.7 Å². The van der Waals surface area contributed by atoms with Crippen molar-refractivity contribution in [2.45, 2.75) is 6.42 Å². The molecule has 2 aromatic rings. The van der Waals surface area contributed by atoms with Crippen molar-refractivity contribution in [3.8, 4) is 17.2 Å². The third-order valence-electron chi connectivity index (χ3n) is 3.13. The molecule has 0 aliphatic carbocycles. The molecule has 24 heavy (non-hydrogen) atoms. The van der Waals surface area contributed by atoms with E-state index >= 15 is 0 Å². The van der Waals surface area contributed by atoms with Gasteiger partial charge in [0.05, 0.1) is 17.7 Å². The fourth-order valence-corrected chi connectivity index (χ4v) is 1.96. The number of aromatic hydroxyl groups is 3. The molecule has 0 saturated carbocycles. The van der Waals surface area contributed by atoms with E-state index in [1.807, 2.05) is 0 Å². The number of Topliss-reactive ketones (excluding diaryl/α,β-unsaturated/α-hetero) is 1. The predicted molar refractivity (Wildman–Crippen MR) is 82.4 cm³/mol. The summed E-state index contributed by atoms with van der Waals surface area (Å²) in [4.78, 5) is 35.0. The highest BCUT2D eigenvalue weighted by Crippen LogP contribution is 2.26. The van der Waals surface area contributed by atoms with Crippen LogP contribution in [-0.4, -0.2) is 38.1 Å². The molecule has 2 aromatic carbocycles. The monoisotopic (exact) mass is 331 g/mol. The number of rotatable bonds is 5. The second-order valence-corrected chi connectivity index (χ2v) is 4.89. The molecule has 0 aliphatic rings. The minimum Gasteiger partial charge on any atom is -0.508 e. The quantitative estimate of drug-likeness (QED) is 0.318. The van der Waals surface area contributed by atoms with Crippen molar-refractivity contribution in [2.75, 3.05) is 5.32 Å². The summed E-state index contributed by atoms with van der Waals surface area (Å²) in [5.41, 5.74) is -0.375. The van der Waals surface area contributed by atoms with E-state index in [1.54, 1.807) is 0 Å². The molecule has 0 heterocycles. The average Bonchev–Trinajstić information content (AvgIpc) is 2.49. The summed E-state index contributed by atoms with van der Waals surface area (Å²) < 4.78 is 0. The summed E-state index contributed by atoms with van der Waals surface area (Å²) >= 11 is 0. The lowest BCUT2D eigenvalue weighted by molar-refractivity contribution is -0.115. The number of phenolic OH excluding ortho intramolecular Hbond substituents is 3. The number of hydrogen-bond donors (Lipinski definition) is 5. The first-order chi connectivity index (χ1) is 11.3. The average molecular weight is 331 g/mol. The molecular weight excluding hydrogens is 318 g/mol. The zero-order valence-electron chi connectivity index (χ0n) is 12.2. The van der Waals surface area contributed by atoms with Crippen LogP contribution in [0.25, 0.3) is 0 Å². The van der Waals surface area contributed by atoms with Crippen LogP contribution < -0.4 is 5.32 Å². The van der Waals surface area contributed by atoms with Crippen LogP contribution in [0.15, 0.2) is 36.4 Å². The molecule has 8 heteroatoms. The highest BCUT2D eigenvalue weighted by molar-refractivity contribution is 6.12. The summed E-state index contributed by atoms with van der Waals surface area (Å²) in [7, 11) is 0. The van der Waals surface area contributed by atoms with Gasteiger partial charge in [0.1, 0.15) is 5.75 Å². The smallest absolute Gasteiger partial charge is 0.337 e. The van der Waals surface area contributed by atoms with Crippen LogP contribution in [0, 0.1) is 0 Å². The molecule has 0 aliphatic heterocycles. The largest absolute Gasteiger partial charge is 0.508 e. The molecule has 0 bridgehead atoms. The van der Waals surface area contributed by atoms with E-state index < -0.39 is 35.6 Å². The predicted octanol–water partition coefficient (Wildman–Crippen LogP) is 1.71. The van der Waals surface area contributed by atoms with Crippen molar-refractivity contribution >= 4 is 23.3 Å². The van der Waals surface area contributed by atoms with E-state index in [0.29, 0.717) is 0 Å². The number of nitrogens with one attached hydrogen (secondary N) is 1. The molecule has 2 rings (SSSR count). The lowest BCUT2D eigenvalue weighted by Gasteiger charge is -2.09. The number of carbonyl (C=O) groups is 3. The van der Waals surface area contributed by atoms with Crippen molar-refractivity contribution in [1.82, 2.24) is 0 Å². The number of hydrogen-bond acceptors (Lipinski definition) is 6. The lowest BCUT2D eigenvalue weighted by Crippen LogP contribution is -2.18. The fraction of sp³-hybridized carbons (Fsp3) is 0.0625. The van der Waals surface area contributed by atoms with Crippen molar-refractivity contribution in [3.05, 3.63) is 47.5 Å². The number of ketones is 1. The molecular formula is C16H13NO7. The molecule has 0 unspecified atom stereocenters.